The molecule has 40 heavy (non-hydrogen) atoms. The maximum atomic E-state index is 13.6. The molecule has 4 bridgehead atoms. The Kier molecular flexibility index (Phi) is 7.84. The molecule has 1 heterocycles. The molecule has 4 saturated carbocycles. The summed E-state index contributed by atoms with van der Waals surface area (Å²) >= 11 is 0. The number of hydrogen-bond acceptors (Lipinski definition) is 5. The minimum Gasteiger partial charge on any atom is -0.378 e. The van der Waals surface area contributed by atoms with Gasteiger partial charge < -0.3 is 15.0 Å². The number of ether oxygens (including phenoxy) is 1. The molecule has 5 aliphatic carbocycles. The lowest BCUT2D eigenvalue weighted by Crippen LogP contribution is -2.58. The van der Waals surface area contributed by atoms with Crippen molar-refractivity contribution in [3.8, 4) is 0 Å². The molecule has 0 aromatic heterocycles. The molecule has 7 rings (SSSR count). The van der Waals surface area contributed by atoms with Crippen LogP contribution in [0.25, 0.3) is 6.08 Å². The summed E-state index contributed by atoms with van der Waals surface area (Å²) in [5, 5.41) is 7.60. The first-order valence-corrected chi connectivity index (χ1v) is 15.4. The summed E-state index contributed by atoms with van der Waals surface area (Å²) in [5.41, 5.74) is 7.32. The molecule has 6 aliphatic rings. The van der Waals surface area contributed by atoms with E-state index in [2.05, 4.69) is 51.1 Å². The lowest BCUT2D eigenvalue weighted by atomic mass is 9.49. The second kappa shape index (κ2) is 11.5. The lowest BCUT2D eigenvalue weighted by molar-refractivity contribution is -0.149. The molecule has 1 unspecified atom stereocenters. The van der Waals surface area contributed by atoms with Crippen molar-refractivity contribution >= 4 is 24.1 Å². The van der Waals surface area contributed by atoms with E-state index in [4.69, 9.17) is 4.74 Å². The van der Waals surface area contributed by atoms with Gasteiger partial charge in [-0.05, 0) is 97.8 Å². The number of morpholine rings is 1. The van der Waals surface area contributed by atoms with Gasteiger partial charge in [-0.25, -0.2) is 5.43 Å². The Morgan fingerprint density at radius 3 is 2.27 bits per heavy atom. The molecule has 2 amide bonds. The van der Waals surface area contributed by atoms with Gasteiger partial charge in [0, 0.05) is 24.2 Å². The van der Waals surface area contributed by atoms with Crippen LogP contribution in [0.5, 0.6) is 0 Å². The molecule has 1 aromatic rings. The lowest BCUT2D eigenvalue weighted by Gasteiger charge is -2.55. The van der Waals surface area contributed by atoms with Crippen LogP contribution in [0.15, 0.2) is 52.3 Å². The average Bonchev–Trinajstić information content (AvgIpc) is 3.33. The first-order chi connectivity index (χ1) is 19.4. The predicted molar refractivity (Wildman–Crippen MR) is 157 cm³/mol. The molecule has 0 radical (unpaired) electrons. The van der Waals surface area contributed by atoms with E-state index in [0.717, 1.165) is 50.8 Å². The van der Waals surface area contributed by atoms with Crippen LogP contribution in [0.4, 0.5) is 0 Å². The number of hydrogen-bond donors (Lipinski definition) is 2. The van der Waals surface area contributed by atoms with Crippen LogP contribution < -0.4 is 10.7 Å². The Morgan fingerprint density at radius 1 is 1.00 bits per heavy atom. The zero-order valence-electron chi connectivity index (χ0n) is 24.0. The van der Waals surface area contributed by atoms with E-state index in [1.165, 1.54) is 36.1 Å². The minimum atomic E-state index is -0.595. The Morgan fingerprint density at radius 2 is 1.65 bits per heavy atom. The van der Waals surface area contributed by atoms with E-state index < -0.39 is 6.04 Å². The standard InChI is InChI=1S/C33H44N4O3/c1-22(2)29(35-32(39)33-18-24-14-25(19-33)16-26(15-24)20-33)31(38)36-34-21-28-9-8-27(17-23-6-4-3-5-7-23)30(28)37-10-12-40-13-11-37/h3-7,17,21-22,24-26,29H,8-16,18-20H2,1-2H3,(H,35,39)(H,36,38). The maximum absolute atomic E-state index is 13.6. The zero-order valence-corrected chi connectivity index (χ0v) is 24.0. The van der Waals surface area contributed by atoms with Crippen LogP contribution >= 0.6 is 0 Å². The van der Waals surface area contributed by atoms with E-state index in [9.17, 15) is 9.59 Å². The topological polar surface area (TPSA) is 83.0 Å². The van der Waals surface area contributed by atoms with Crippen LogP contribution in [-0.4, -0.2) is 55.3 Å². The van der Waals surface area contributed by atoms with E-state index in [1.54, 1.807) is 0 Å². The molecule has 214 valence electrons. The summed E-state index contributed by atoms with van der Waals surface area (Å²) in [6, 6.07) is 9.81. The average molecular weight is 545 g/mol. The van der Waals surface area contributed by atoms with Crippen molar-refractivity contribution in [3.05, 3.63) is 52.7 Å². The van der Waals surface area contributed by atoms with E-state index >= 15 is 0 Å². The first kappa shape index (κ1) is 27.3. The Hall–Kier alpha value is -2.93. The van der Waals surface area contributed by atoms with Crippen molar-refractivity contribution in [1.29, 1.82) is 0 Å². The van der Waals surface area contributed by atoms with Gasteiger partial charge in [-0.2, -0.15) is 5.10 Å². The van der Waals surface area contributed by atoms with Gasteiger partial charge in [0.05, 0.1) is 19.4 Å². The van der Waals surface area contributed by atoms with Crippen molar-refractivity contribution < 1.29 is 14.3 Å². The van der Waals surface area contributed by atoms with Gasteiger partial charge >= 0.3 is 0 Å². The fraction of sp³-hybridized carbons (Fsp3) is 0.606. The van der Waals surface area contributed by atoms with Gasteiger partial charge in [0.25, 0.3) is 5.91 Å². The molecule has 5 fully saturated rings. The van der Waals surface area contributed by atoms with Crippen LogP contribution in [0.2, 0.25) is 0 Å². The summed E-state index contributed by atoms with van der Waals surface area (Å²) in [6.07, 6.45) is 12.7. The largest absolute Gasteiger partial charge is 0.378 e. The number of rotatable bonds is 8. The van der Waals surface area contributed by atoms with Crippen LogP contribution in [0, 0.1) is 29.1 Å². The highest BCUT2D eigenvalue weighted by atomic mass is 16.5. The van der Waals surface area contributed by atoms with E-state index in [0.29, 0.717) is 31.0 Å². The number of benzene rings is 1. The van der Waals surface area contributed by atoms with Gasteiger partial charge in [0.15, 0.2) is 0 Å². The molecule has 1 aromatic carbocycles. The summed E-state index contributed by atoms with van der Waals surface area (Å²) in [4.78, 5) is 29.3. The van der Waals surface area contributed by atoms with Crippen molar-refractivity contribution in [2.75, 3.05) is 26.3 Å². The number of amides is 2. The quantitative estimate of drug-likeness (QED) is 0.360. The van der Waals surface area contributed by atoms with Crippen LogP contribution in [-0.2, 0) is 14.3 Å². The highest BCUT2D eigenvalue weighted by molar-refractivity contribution is 5.91. The number of hydrazone groups is 1. The summed E-state index contributed by atoms with van der Waals surface area (Å²) in [6.45, 7) is 7.09. The molecule has 1 saturated heterocycles. The zero-order chi connectivity index (χ0) is 27.7. The molecule has 1 atom stereocenters. The molecule has 2 N–H and O–H groups in total. The van der Waals surface area contributed by atoms with Crippen LogP contribution in [0.3, 0.4) is 0 Å². The van der Waals surface area contributed by atoms with Crippen molar-refractivity contribution in [3.63, 3.8) is 0 Å². The first-order valence-electron chi connectivity index (χ1n) is 15.4. The summed E-state index contributed by atoms with van der Waals surface area (Å²) < 4.78 is 5.61. The van der Waals surface area contributed by atoms with Crippen LogP contribution in [0.1, 0.15) is 70.8 Å². The smallest absolute Gasteiger partial charge is 0.262 e. The van der Waals surface area contributed by atoms with Gasteiger partial charge in [0.2, 0.25) is 5.91 Å². The summed E-state index contributed by atoms with van der Waals surface area (Å²) in [7, 11) is 0. The van der Waals surface area contributed by atoms with Gasteiger partial charge in [-0.3, -0.25) is 9.59 Å². The van der Waals surface area contributed by atoms with E-state index in [-0.39, 0.29) is 23.1 Å². The van der Waals surface area contributed by atoms with Crippen molar-refractivity contribution in [1.82, 2.24) is 15.6 Å². The highest BCUT2D eigenvalue weighted by Crippen LogP contribution is 2.60. The highest BCUT2D eigenvalue weighted by Gasteiger charge is 2.55. The van der Waals surface area contributed by atoms with Gasteiger partial charge in [-0.1, -0.05) is 44.2 Å². The summed E-state index contributed by atoms with van der Waals surface area (Å²) in [5.74, 6) is 1.89. The second-order valence-corrected chi connectivity index (χ2v) is 13.2. The van der Waals surface area contributed by atoms with Crippen molar-refractivity contribution in [2.45, 2.75) is 71.3 Å². The number of nitrogens with zero attached hydrogens (tertiary/aromatic N) is 2. The SMILES string of the molecule is CC(C)C(NC(=O)C12CC3CC(CC(C3)C1)C2)C(=O)NN=CC1=C(N2CCOCC2)C(=Cc2ccccc2)CC1. The molecule has 7 heteroatoms. The number of allylic oxidation sites excluding steroid dienone is 2. The molecule has 0 spiro atoms. The second-order valence-electron chi connectivity index (χ2n) is 13.2. The van der Waals surface area contributed by atoms with Crippen molar-refractivity contribution in [2.24, 2.45) is 34.2 Å². The molecular formula is C33H44N4O3. The fourth-order valence-electron chi connectivity index (χ4n) is 8.38. The fourth-order valence-corrected chi connectivity index (χ4v) is 8.38. The number of carbonyl (C=O) groups is 2. The van der Waals surface area contributed by atoms with Gasteiger partial charge in [-0.15, -0.1) is 0 Å². The monoisotopic (exact) mass is 544 g/mol. The third-order valence-electron chi connectivity index (χ3n) is 9.89. The Balaban J connectivity index is 1.15. The Labute approximate surface area is 238 Å². The predicted octanol–water partition coefficient (Wildman–Crippen LogP) is 4.91. The third-order valence-corrected chi connectivity index (χ3v) is 9.89. The third kappa shape index (κ3) is 5.63. The van der Waals surface area contributed by atoms with Gasteiger partial charge in [0.1, 0.15) is 6.04 Å². The molecular weight excluding hydrogens is 500 g/mol. The Bertz CT molecular complexity index is 1160. The maximum Gasteiger partial charge on any atom is 0.262 e. The molecule has 7 nitrogen and oxygen atoms in total. The molecule has 1 aliphatic heterocycles. The normalized spacial score (nSPS) is 31.4. The minimum absolute atomic E-state index is 0.0249. The number of carbonyl (C=O) groups excluding carboxylic acids is 2. The number of nitrogens with one attached hydrogen (secondary N) is 2. The van der Waals surface area contributed by atoms with E-state index in [1.807, 2.05) is 26.1 Å².